The smallest absolute Gasteiger partial charge is 0.335 e. The predicted molar refractivity (Wildman–Crippen MR) is 101 cm³/mol. The van der Waals surface area contributed by atoms with E-state index in [0.29, 0.717) is 13.1 Å². The molecule has 1 amide bonds. The first-order valence-corrected chi connectivity index (χ1v) is 8.87. The Morgan fingerprint density at radius 1 is 1.21 bits per heavy atom. The average molecular weight is 377 g/mol. The Bertz CT molecular complexity index is 1010. The monoisotopic (exact) mass is 377 g/mol. The number of pyridine rings is 1. The number of carbonyl (C=O) groups is 2. The lowest BCUT2D eigenvalue weighted by Gasteiger charge is -2.22. The maximum Gasteiger partial charge on any atom is 0.335 e. The molecule has 1 aliphatic heterocycles. The number of nitrogens with one attached hydrogen (secondary N) is 1. The van der Waals surface area contributed by atoms with Crippen molar-refractivity contribution in [3.63, 3.8) is 0 Å². The van der Waals surface area contributed by atoms with E-state index in [1.807, 2.05) is 6.07 Å². The van der Waals surface area contributed by atoms with Gasteiger partial charge in [0.25, 0.3) is 0 Å². The maximum absolute atomic E-state index is 13.0. The molecule has 4 N–H and O–H groups in total. The molecule has 0 spiro atoms. The summed E-state index contributed by atoms with van der Waals surface area (Å²) in [6.45, 7) is 1.07. The lowest BCUT2D eigenvalue weighted by molar-refractivity contribution is -0.133. The summed E-state index contributed by atoms with van der Waals surface area (Å²) >= 11 is 0. The molecule has 142 valence electrons. The van der Waals surface area contributed by atoms with Crippen molar-refractivity contribution < 1.29 is 14.7 Å². The molecular weight excluding hydrogens is 358 g/mol. The fourth-order valence-corrected chi connectivity index (χ4v) is 3.49. The molecular formula is C20H19N5O3. The zero-order valence-corrected chi connectivity index (χ0v) is 15.0. The average Bonchev–Trinajstić information content (AvgIpc) is 3.30. The van der Waals surface area contributed by atoms with Gasteiger partial charge in [-0.25, -0.2) is 4.79 Å². The number of benzene rings is 1. The number of carbonyl (C=O) groups excluding carboxylic acids is 1. The van der Waals surface area contributed by atoms with E-state index in [4.69, 9.17) is 10.8 Å². The van der Waals surface area contributed by atoms with Crippen molar-refractivity contribution in [1.29, 1.82) is 0 Å². The van der Waals surface area contributed by atoms with Crippen LogP contribution >= 0.6 is 0 Å². The van der Waals surface area contributed by atoms with Crippen LogP contribution in [-0.2, 0) is 17.9 Å². The number of hydrogen-bond donors (Lipinski definition) is 3. The molecule has 28 heavy (non-hydrogen) atoms. The number of carboxylic acids is 1. The van der Waals surface area contributed by atoms with Crippen LogP contribution in [0.5, 0.6) is 0 Å². The summed E-state index contributed by atoms with van der Waals surface area (Å²) in [4.78, 5) is 29.9. The molecule has 0 saturated heterocycles. The Morgan fingerprint density at radius 2 is 2.00 bits per heavy atom. The van der Waals surface area contributed by atoms with E-state index in [9.17, 15) is 9.59 Å². The third kappa shape index (κ3) is 3.14. The number of hydrogen-bond acceptors (Lipinski definition) is 5. The van der Waals surface area contributed by atoms with Gasteiger partial charge in [0.1, 0.15) is 0 Å². The van der Waals surface area contributed by atoms with Crippen molar-refractivity contribution in [2.24, 2.45) is 5.73 Å². The van der Waals surface area contributed by atoms with Crippen LogP contribution in [0.1, 0.15) is 33.1 Å². The van der Waals surface area contributed by atoms with Gasteiger partial charge in [-0.3, -0.25) is 14.9 Å². The van der Waals surface area contributed by atoms with E-state index in [2.05, 4.69) is 15.2 Å². The minimum Gasteiger partial charge on any atom is -0.478 e. The van der Waals surface area contributed by atoms with Crippen molar-refractivity contribution in [3.8, 4) is 11.3 Å². The summed E-state index contributed by atoms with van der Waals surface area (Å²) in [6.07, 6.45) is 3.33. The molecule has 3 aromatic rings. The summed E-state index contributed by atoms with van der Waals surface area (Å²) in [5.41, 5.74) is 10.2. The number of aromatic carboxylic acids is 1. The number of aromatic nitrogens is 3. The Morgan fingerprint density at radius 3 is 2.64 bits per heavy atom. The number of amides is 1. The number of nitrogens with zero attached hydrogens (tertiary/aromatic N) is 3. The highest BCUT2D eigenvalue weighted by Crippen LogP contribution is 2.32. The van der Waals surface area contributed by atoms with Crippen LogP contribution in [0.25, 0.3) is 11.3 Å². The predicted octanol–water partition coefficient (Wildman–Crippen LogP) is 1.75. The zero-order chi connectivity index (χ0) is 19.7. The van der Waals surface area contributed by atoms with Crippen molar-refractivity contribution in [2.75, 3.05) is 6.54 Å². The maximum atomic E-state index is 13.0. The molecule has 1 atom stereocenters. The minimum absolute atomic E-state index is 0.0488. The van der Waals surface area contributed by atoms with Gasteiger partial charge in [-0.1, -0.05) is 18.2 Å². The highest BCUT2D eigenvalue weighted by molar-refractivity contribution is 5.88. The van der Waals surface area contributed by atoms with E-state index in [-0.39, 0.29) is 18.0 Å². The van der Waals surface area contributed by atoms with E-state index in [1.165, 1.54) is 0 Å². The van der Waals surface area contributed by atoms with Crippen molar-refractivity contribution in [2.45, 2.75) is 19.0 Å². The SMILES string of the molecule is NCC(C(=O)N1Cc2[nH]nc(-c3ccc(C(=O)O)cc3)c2C1)c1cccnc1. The molecule has 3 heterocycles. The third-order valence-electron chi connectivity index (χ3n) is 4.99. The van der Waals surface area contributed by atoms with Gasteiger partial charge in [0.15, 0.2) is 0 Å². The van der Waals surface area contributed by atoms with Crippen LogP contribution in [0.4, 0.5) is 0 Å². The topological polar surface area (TPSA) is 125 Å². The van der Waals surface area contributed by atoms with E-state index < -0.39 is 11.9 Å². The van der Waals surface area contributed by atoms with Gasteiger partial charge in [-0.15, -0.1) is 0 Å². The molecule has 1 unspecified atom stereocenters. The standard InChI is InChI=1S/C20H19N5O3/c21-8-15(14-2-1-7-22-9-14)19(26)25-10-16-17(11-25)23-24-18(16)12-3-5-13(6-4-12)20(27)28/h1-7,9,15H,8,10-11,21H2,(H,23,24)(H,27,28). The summed E-state index contributed by atoms with van der Waals surface area (Å²) in [7, 11) is 0. The molecule has 8 nitrogen and oxygen atoms in total. The highest BCUT2D eigenvalue weighted by atomic mass is 16.4. The van der Waals surface area contributed by atoms with Crippen LogP contribution in [0, 0.1) is 0 Å². The summed E-state index contributed by atoms with van der Waals surface area (Å²) in [6, 6.07) is 10.2. The molecule has 8 heteroatoms. The molecule has 2 aromatic heterocycles. The zero-order valence-electron chi connectivity index (χ0n) is 15.0. The van der Waals surface area contributed by atoms with Gasteiger partial charge >= 0.3 is 5.97 Å². The number of nitrogens with two attached hydrogens (primary N) is 1. The van der Waals surface area contributed by atoms with E-state index in [1.54, 1.807) is 47.6 Å². The van der Waals surface area contributed by atoms with Gasteiger partial charge in [-0.05, 0) is 23.8 Å². The molecule has 4 rings (SSSR count). The molecule has 0 aliphatic carbocycles. The number of H-pyrrole nitrogens is 1. The van der Waals surface area contributed by atoms with Gasteiger partial charge in [0.05, 0.1) is 36.0 Å². The van der Waals surface area contributed by atoms with Crippen molar-refractivity contribution in [3.05, 3.63) is 71.2 Å². The fourth-order valence-electron chi connectivity index (χ4n) is 3.49. The first-order valence-electron chi connectivity index (χ1n) is 8.87. The minimum atomic E-state index is -0.973. The summed E-state index contributed by atoms with van der Waals surface area (Å²) < 4.78 is 0. The van der Waals surface area contributed by atoms with Gasteiger partial charge in [-0.2, -0.15) is 5.10 Å². The van der Waals surface area contributed by atoms with Gasteiger partial charge in [0, 0.05) is 30.1 Å². The second kappa shape index (κ2) is 7.24. The first-order chi connectivity index (χ1) is 13.6. The first kappa shape index (κ1) is 17.9. The molecule has 1 aliphatic rings. The van der Waals surface area contributed by atoms with Crippen LogP contribution < -0.4 is 5.73 Å². The number of rotatable bonds is 5. The Kier molecular flexibility index (Phi) is 4.62. The summed E-state index contributed by atoms with van der Waals surface area (Å²) in [5, 5.41) is 16.4. The van der Waals surface area contributed by atoms with Crippen molar-refractivity contribution in [1.82, 2.24) is 20.1 Å². The lowest BCUT2D eigenvalue weighted by Crippen LogP contribution is -2.34. The third-order valence-corrected chi connectivity index (χ3v) is 4.99. The van der Waals surface area contributed by atoms with Crippen LogP contribution in [0.2, 0.25) is 0 Å². The normalized spacial score (nSPS) is 14.0. The molecule has 0 fully saturated rings. The quantitative estimate of drug-likeness (QED) is 0.622. The van der Waals surface area contributed by atoms with E-state index in [0.717, 1.165) is 28.1 Å². The molecule has 1 aromatic carbocycles. The fraction of sp³-hybridized carbons (Fsp3) is 0.200. The van der Waals surface area contributed by atoms with Gasteiger partial charge in [0.2, 0.25) is 5.91 Å². The van der Waals surface area contributed by atoms with Gasteiger partial charge < -0.3 is 15.7 Å². The molecule has 0 bridgehead atoms. The highest BCUT2D eigenvalue weighted by Gasteiger charge is 2.32. The Hall–Kier alpha value is -3.52. The van der Waals surface area contributed by atoms with Crippen LogP contribution in [0.3, 0.4) is 0 Å². The second-order valence-corrected chi connectivity index (χ2v) is 6.68. The summed E-state index contributed by atoms with van der Waals surface area (Å²) in [5.74, 6) is -1.46. The Labute approximate surface area is 161 Å². The second-order valence-electron chi connectivity index (χ2n) is 6.68. The molecule has 0 radical (unpaired) electrons. The van der Waals surface area contributed by atoms with Crippen LogP contribution in [-0.4, -0.2) is 43.6 Å². The number of aromatic amines is 1. The van der Waals surface area contributed by atoms with E-state index >= 15 is 0 Å². The van der Waals surface area contributed by atoms with Crippen LogP contribution in [0.15, 0.2) is 48.8 Å². The largest absolute Gasteiger partial charge is 0.478 e. The number of carboxylic acid groups (broad SMARTS) is 1. The lowest BCUT2D eigenvalue weighted by atomic mass is 9.99. The molecule has 0 saturated carbocycles. The number of fused-ring (bicyclic) bond motifs is 1. The van der Waals surface area contributed by atoms with Crippen molar-refractivity contribution >= 4 is 11.9 Å². The Balaban J connectivity index is 1.56.